The highest BCUT2D eigenvalue weighted by molar-refractivity contribution is 8.26. The summed E-state index contributed by atoms with van der Waals surface area (Å²) in [6, 6.07) is 3.10. The molecule has 1 aromatic heterocycles. The normalized spacial score (nSPS) is 16.4. The number of thioether (sulfide) groups is 1. The molecule has 8 nitrogen and oxygen atoms in total. The number of thiocarbonyl (C=S) groups is 1. The predicted octanol–water partition coefficient (Wildman–Crippen LogP) is 4.38. The van der Waals surface area contributed by atoms with E-state index in [0.717, 1.165) is 28.8 Å². The zero-order chi connectivity index (χ0) is 29.1. The third-order valence-corrected chi connectivity index (χ3v) is 7.66. The van der Waals surface area contributed by atoms with Crippen LogP contribution in [0.5, 0.6) is 0 Å². The van der Waals surface area contributed by atoms with Crippen molar-refractivity contribution >= 4 is 69.4 Å². The molecular weight excluding hydrogens is 568 g/mol. The number of halogens is 2. The van der Waals surface area contributed by atoms with Gasteiger partial charge in [-0.15, -0.1) is 11.3 Å². The second-order valence-electron chi connectivity index (χ2n) is 9.68. The Morgan fingerprint density at radius 2 is 1.87 bits per heavy atom. The molecule has 2 atom stereocenters. The molecule has 0 spiro atoms. The van der Waals surface area contributed by atoms with Gasteiger partial charge in [-0.1, -0.05) is 30.0 Å². The van der Waals surface area contributed by atoms with Crippen molar-refractivity contribution in [2.75, 3.05) is 0 Å². The third-order valence-electron chi connectivity index (χ3n) is 5.45. The van der Waals surface area contributed by atoms with Gasteiger partial charge in [0.25, 0.3) is 5.91 Å². The minimum Gasteiger partial charge on any atom is -0.460 e. The number of rotatable bonds is 9. The van der Waals surface area contributed by atoms with E-state index in [1.165, 1.54) is 24.3 Å². The van der Waals surface area contributed by atoms with Crippen molar-refractivity contribution in [3.05, 3.63) is 51.1 Å². The molecular formula is C26H27F2N3O5S3. The minimum atomic E-state index is -1.15. The molecule has 0 saturated carbocycles. The van der Waals surface area contributed by atoms with Gasteiger partial charge in [-0.3, -0.25) is 24.1 Å². The van der Waals surface area contributed by atoms with Crippen LogP contribution in [0.1, 0.15) is 45.4 Å². The summed E-state index contributed by atoms with van der Waals surface area (Å²) in [7, 11) is 0. The Morgan fingerprint density at radius 1 is 1.18 bits per heavy atom. The highest BCUT2D eigenvalue weighted by Crippen LogP contribution is 2.36. The number of nitrogens with zero attached hydrogens (tertiary/aromatic N) is 1. The van der Waals surface area contributed by atoms with Crippen molar-refractivity contribution in [3.63, 3.8) is 0 Å². The van der Waals surface area contributed by atoms with Gasteiger partial charge >= 0.3 is 5.97 Å². The van der Waals surface area contributed by atoms with Crippen molar-refractivity contribution in [1.29, 1.82) is 0 Å². The standard InChI is InChI=1S/C26H27F2N3O5S3/c1-13(23(34)30-19(22(29)33)7-8-21(32)36-26(2,3)4)31-24(35)20(39-25(31)37)11-16-9-15(12-38-16)14-5-6-17(27)18(28)10-14/h5-6,9-13,19H,7-8H2,1-4H3,(H2,29,33)(H,30,34)/b20-11-/t13-,19-/m0/s1. The van der Waals surface area contributed by atoms with E-state index in [1.807, 2.05) is 0 Å². The Morgan fingerprint density at radius 3 is 2.49 bits per heavy atom. The lowest BCUT2D eigenvalue weighted by Gasteiger charge is -2.25. The fourth-order valence-corrected chi connectivity index (χ4v) is 5.88. The molecule has 3 rings (SSSR count). The Balaban J connectivity index is 1.67. The molecule has 1 aliphatic rings. The van der Waals surface area contributed by atoms with Crippen LogP contribution in [0.3, 0.4) is 0 Å². The highest BCUT2D eigenvalue weighted by atomic mass is 32.2. The summed E-state index contributed by atoms with van der Waals surface area (Å²) in [5.41, 5.74) is 5.85. The van der Waals surface area contributed by atoms with Crippen molar-refractivity contribution in [2.24, 2.45) is 5.73 Å². The number of nitrogens with one attached hydrogen (secondary N) is 1. The Bertz CT molecular complexity index is 1350. The molecule has 208 valence electrons. The Kier molecular flexibility index (Phi) is 9.62. The van der Waals surface area contributed by atoms with Crippen LogP contribution in [0.15, 0.2) is 34.6 Å². The number of hydrogen-bond acceptors (Lipinski definition) is 8. The summed E-state index contributed by atoms with van der Waals surface area (Å²) >= 11 is 7.64. The van der Waals surface area contributed by atoms with E-state index in [9.17, 15) is 28.0 Å². The number of thiophene rings is 1. The molecule has 0 bridgehead atoms. The van der Waals surface area contributed by atoms with Crippen molar-refractivity contribution in [1.82, 2.24) is 10.2 Å². The molecule has 39 heavy (non-hydrogen) atoms. The smallest absolute Gasteiger partial charge is 0.306 e. The van der Waals surface area contributed by atoms with Crippen LogP contribution in [0, 0.1) is 11.6 Å². The lowest BCUT2D eigenvalue weighted by Crippen LogP contribution is -2.53. The maximum atomic E-state index is 13.6. The lowest BCUT2D eigenvalue weighted by atomic mass is 10.1. The monoisotopic (exact) mass is 595 g/mol. The molecule has 3 N–H and O–H groups in total. The second-order valence-corrected chi connectivity index (χ2v) is 12.3. The average molecular weight is 596 g/mol. The van der Waals surface area contributed by atoms with E-state index >= 15 is 0 Å². The van der Waals surface area contributed by atoms with Crippen molar-refractivity contribution < 1.29 is 32.7 Å². The van der Waals surface area contributed by atoms with E-state index in [4.69, 9.17) is 22.7 Å². The first-order chi connectivity index (χ1) is 18.2. The van der Waals surface area contributed by atoms with Gasteiger partial charge in [-0.05, 0) is 74.9 Å². The lowest BCUT2D eigenvalue weighted by molar-refractivity contribution is -0.155. The van der Waals surface area contributed by atoms with E-state index in [2.05, 4.69) is 5.32 Å². The molecule has 0 unspecified atom stereocenters. The van der Waals surface area contributed by atoms with Crippen molar-refractivity contribution in [2.45, 2.75) is 58.2 Å². The van der Waals surface area contributed by atoms with Crippen LogP contribution < -0.4 is 11.1 Å². The number of hydrogen-bond donors (Lipinski definition) is 2. The third kappa shape index (κ3) is 7.93. The maximum absolute atomic E-state index is 13.6. The largest absolute Gasteiger partial charge is 0.460 e. The fourth-order valence-electron chi connectivity index (χ4n) is 3.55. The molecule has 2 aromatic rings. The molecule has 1 aromatic carbocycles. The van der Waals surface area contributed by atoms with Crippen LogP contribution in [0.4, 0.5) is 8.78 Å². The Hall–Kier alpha value is -3.16. The molecule has 2 heterocycles. The predicted molar refractivity (Wildman–Crippen MR) is 150 cm³/mol. The minimum absolute atomic E-state index is 0.0698. The molecule has 0 aliphatic carbocycles. The summed E-state index contributed by atoms with van der Waals surface area (Å²) in [5.74, 6) is -4.45. The van der Waals surface area contributed by atoms with Crippen LogP contribution in [-0.2, 0) is 23.9 Å². The summed E-state index contributed by atoms with van der Waals surface area (Å²) in [5, 5.41) is 4.23. The number of benzene rings is 1. The molecule has 0 radical (unpaired) electrons. The molecule has 1 fully saturated rings. The van der Waals surface area contributed by atoms with E-state index < -0.39 is 53.0 Å². The van der Waals surface area contributed by atoms with Gasteiger partial charge in [0.2, 0.25) is 11.8 Å². The summed E-state index contributed by atoms with van der Waals surface area (Å²) in [4.78, 5) is 52.0. The van der Waals surface area contributed by atoms with Gasteiger partial charge in [-0.2, -0.15) is 0 Å². The topological polar surface area (TPSA) is 119 Å². The first-order valence-corrected chi connectivity index (χ1v) is 13.9. The average Bonchev–Trinajstić information content (AvgIpc) is 3.40. The van der Waals surface area contributed by atoms with E-state index in [1.54, 1.807) is 38.3 Å². The molecule has 1 aliphatic heterocycles. The molecule has 1 saturated heterocycles. The van der Waals surface area contributed by atoms with Crippen LogP contribution in [-0.4, -0.2) is 50.6 Å². The number of carbonyl (C=O) groups excluding carboxylic acids is 4. The number of nitrogens with two attached hydrogens (primary N) is 1. The zero-order valence-electron chi connectivity index (χ0n) is 21.6. The number of ether oxygens (including phenoxy) is 1. The van der Waals surface area contributed by atoms with Crippen LogP contribution in [0.2, 0.25) is 0 Å². The Labute approximate surface area is 237 Å². The number of carbonyl (C=O) groups is 4. The van der Waals surface area contributed by atoms with Gasteiger partial charge < -0.3 is 15.8 Å². The highest BCUT2D eigenvalue weighted by Gasteiger charge is 2.39. The quantitative estimate of drug-likeness (QED) is 0.251. The fraction of sp³-hybridized carbons (Fsp3) is 0.346. The van der Waals surface area contributed by atoms with Crippen molar-refractivity contribution in [3.8, 4) is 11.1 Å². The van der Waals surface area contributed by atoms with E-state index in [0.29, 0.717) is 16.0 Å². The van der Waals surface area contributed by atoms with Gasteiger partial charge in [0, 0.05) is 11.3 Å². The summed E-state index contributed by atoms with van der Waals surface area (Å²) in [6.07, 6.45) is 1.39. The molecule has 3 amide bonds. The number of primary amides is 1. The summed E-state index contributed by atoms with van der Waals surface area (Å²) < 4.78 is 32.2. The number of esters is 1. The van der Waals surface area contributed by atoms with E-state index in [-0.39, 0.29) is 22.1 Å². The van der Waals surface area contributed by atoms with Gasteiger partial charge in [0.05, 0.1) is 4.91 Å². The molecule has 13 heteroatoms. The first-order valence-electron chi connectivity index (χ1n) is 11.8. The van der Waals surface area contributed by atoms with Gasteiger partial charge in [0.15, 0.2) is 11.6 Å². The maximum Gasteiger partial charge on any atom is 0.306 e. The van der Waals surface area contributed by atoms with Gasteiger partial charge in [0.1, 0.15) is 22.0 Å². The van der Waals surface area contributed by atoms with Gasteiger partial charge in [-0.25, -0.2) is 8.78 Å². The number of amides is 3. The van der Waals surface area contributed by atoms with Crippen LogP contribution in [0.25, 0.3) is 17.2 Å². The van der Waals surface area contributed by atoms with Crippen LogP contribution >= 0.6 is 35.3 Å². The SMILES string of the molecule is C[C@@H](C(=O)N[C@@H](CCC(=O)OC(C)(C)C)C(N)=O)N1C(=O)/C(=C/c2cc(-c3ccc(F)c(F)c3)cs2)SC1=S. The zero-order valence-corrected chi connectivity index (χ0v) is 24.0. The summed E-state index contributed by atoms with van der Waals surface area (Å²) in [6.45, 7) is 6.59. The second kappa shape index (κ2) is 12.3. The first kappa shape index (κ1) is 30.4.